The van der Waals surface area contributed by atoms with E-state index >= 15 is 0 Å². The van der Waals surface area contributed by atoms with Gasteiger partial charge >= 0.3 is 0 Å². The van der Waals surface area contributed by atoms with Crippen molar-refractivity contribution in [3.05, 3.63) is 53.1 Å². The molecule has 0 unspecified atom stereocenters. The summed E-state index contributed by atoms with van der Waals surface area (Å²) in [5.41, 5.74) is 5.50. The maximum absolute atomic E-state index is 12.8. The molecule has 0 atom stereocenters. The quantitative estimate of drug-likeness (QED) is 0.675. The maximum atomic E-state index is 12.8. The van der Waals surface area contributed by atoms with Crippen molar-refractivity contribution in [2.24, 2.45) is 0 Å². The zero-order valence-corrected chi connectivity index (χ0v) is 17.7. The molecule has 0 saturated carbocycles. The monoisotopic (exact) mass is 394 g/mol. The largest absolute Gasteiger partial charge is 0.378 e. The van der Waals surface area contributed by atoms with Gasteiger partial charge in [0, 0.05) is 51.5 Å². The molecule has 146 valence electrons. The third kappa shape index (κ3) is 3.44. The molecule has 0 N–H and O–H groups in total. The van der Waals surface area contributed by atoms with Crippen LogP contribution in [0.4, 0.5) is 10.8 Å². The van der Waals surface area contributed by atoms with Crippen LogP contribution in [0.15, 0.2) is 36.4 Å². The molecular weight excluding hydrogens is 368 g/mol. The third-order valence-corrected chi connectivity index (χ3v) is 6.62. The molecule has 0 radical (unpaired) electrons. The van der Waals surface area contributed by atoms with Crippen molar-refractivity contribution in [2.45, 2.75) is 13.8 Å². The number of aryl methyl sites for hydroxylation is 2. The first kappa shape index (κ1) is 18.7. The van der Waals surface area contributed by atoms with Crippen molar-refractivity contribution in [1.29, 1.82) is 0 Å². The van der Waals surface area contributed by atoms with Crippen LogP contribution in [0.3, 0.4) is 0 Å². The van der Waals surface area contributed by atoms with Gasteiger partial charge in [-0.1, -0.05) is 17.4 Å². The Labute approximate surface area is 170 Å². The minimum atomic E-state index is 0.112. The minimum absolute atomic E-state index is 0.112. The molecule has 6 heteroatoms. The van der Waals surface area contributed by atoms with Gasteiger partial charge in [-0.25, -0.2) is 4.98 Å². The van der Waals surface area contributed by atoms with Gasteiger partial charge in [0.25, 0.3) is 5.91 Å². The Morgan fingerprint density at radius 3 is 2.32 bits per heavy atom. The number of rotatable bonds is 3. The third-order valence-electron chi connectivity index (χ3n) is 5.54. The Morgan fingerprint density at radius 1 is 1.00 bits per heavy atom. The molecule has 1 aliphatic heterocycles. The van der Waals surface area contributed by atoms with E-state index in [1.165, 1.54) is 15.8 Å². The number of fused-ring (bicyclic) bond motifs is 1. The van der Waals surface area contributed by atoms with Gasteiger partial charge in [0.1, 0.15) is 0 Å². The predicted molar refractivity (Wildman–Crippen MR) is 118 cm³/mol. The van der Waals surface area contributed by atoms with Crippen LogP contribution in [0.5, 0.6) is 0 Å². The first-order chi connectivity index (χ1) is 13.4. The molecule has 1 fully saturated rings. The number of piperazine rings is 1. The zero-order valence-electron chi connectivity index (χ0n) is 16.9. The highest BCUT2D eigenvalue weighted by molar-refractivity contribution is 7.22. The lowest BCUT2D eigenvalue weighted by molar-refractivity contribution is 0.0747. The Kier molecular flexibility index (Phi) is 4.98. The summed E-state index contributed by atoms with van der Waals surface area (Å²) < 4.78 is 1.23. The normalized spacial score (nSPS) is 14.6. The van der Waals surface area contributed by atoms with Crippen molar-refractivity contribution in [2.75, 3.05) is 50.1 Å². The van der Waals surface area contributed by atoms with Crippen LogP contribution in [0, 0.1) is 13.8 Å². The molecular formula is C22H26N4OS. The predicted octanol–water partition coefficient (Wildman–Crippen LogP) is 3.94. The molecule has 2 aromatic carbocycles. The van der Waals surface area contributed by atoms with Gasteiger partial charge in [-0.2, -0.15) is 0 Å². The van der Waals surface area contributed by atoms with Gasteiger partial charge < -0.3 is 14.7 Å². The smallest absolute Gasteiger partial charge is 0.253 e. The van der Waals surface area contributed by atoms with Gasteiger partial charge in [-0.05, 0) is 55.3 Å². The van der Waals surface area contributed by atoms with Crippen LogP contribution < -0.4 is 9.80 Å². The van der Waals surface area contributed by atoms with E-state index in [2.05, 4.69) is 30.9 Å². The summed E-state index contributed by atoms with van der Waals surface area (Å²) in [6.45, 7) is 7.35. The van der Waals surface area contributed by atoms with Crippen molar-refractivity contribution in [1.82, 2.24) is 9.88 Å². The molecule has 0 bridgehead atoms. The van der Waals surface area contributed by atoms with E-state index in [1.54, 1.807) is 11.3 Å². The number of aromatic nitrogens is 1. The van der Waals surface area contributed by atoms with E-state index in [0.29, 0.717) is 0 Å². The zero-order chi connectivity index (χ0) is 19.8. The molecule has 0 spiro atoms. The van der Waals surface area contributed by atoms with Crippen LogP contribution in [-0.2, 0) is 0 Å². The van der Waals surface area contributed by atoms with E-state index in [-0.39, 0.29) is 5.91 Å². The lowest BCUT2D eigenvalue weighted by atomic mass is 10.1. The number of amides is 1. The number of carbonyl (C=O) groups excluding carboxylic acids is 1. The van der Waals surface area contributed by atoms with Gasteiger partial charge in [0.15, 0.2) is 5.13 Å². The molecule has 4 rings (SSSR count). The Bertz CT molecular complexity index is 1000. The number of thiazole rings is 1. The highest BCUT2D eigenvalue weighted by atomic mass is 32.1. The number of carbonyl (C=O) groups is 1. The van der Waals surface area contributed by atoms with Crippen molar-refractivity contribution in [3.8, 4) is 0 Å². The summed E-state index contributed by atoms with van der Waals surface area (Å²) in [6.07, 6.45) is 0. The van der Waals surface area contributed by atoms with E-state index in [1.807, 2.05) is 48.2 Å². The fraction of sp³-hybridized carbons (Fsp3) is 0.364. The SMILES string of the molecule is Cc1ccc2sc(N3CCN(C(=O)c4ccc(N(C)C)cc4)CC3)nc2c1C. The van der Waals surface area contributed by atoms with E-state index in [9.17, 15) is 4.79 Å². The van der Waals surface area contributed by atoms with Crippen LogP contribution in [0.25, 0.3) is 10.2 Å². The molecule has 1 amide bonds. The summed E-state index contributed by atoms with van der Waals surface area (Å²) in [5, 5.41) is 1.06. The first-order valence-corrected chi connectivity index (χ1v) is 10.4. The topological polar surface area (TPSA) is 39.7 Å². The highest BCUT2D eigenvalue weighted by Gasteiger charge is 2.24. The fourth-order valence-electron chi connectivity index (χ4n) is 3.54. The summed E-state index contributed by atoms with van der Waals surface area (Å²) in [4.78, 5) is 24.0. The maximum Gasteiger partial charge on any atom is 0.253 e. The van der Waals surface area contributed by atoms with E-state index in [4.69, 9.17) is 4.98 Å². The van der Waals surface area contributed by atoms with Crippen LogP contribution in [0.1, 0.15) is 21.5 Å². The number of hydrogen-bond acceptors (Lipinski definition) is 5. The Morgan fingerprint density at radius 2 is 1.68 bits per heavy atom. The Balaban J connectivity index is 1.44. The lowest BCUT2D eigenvalue weighted by Gasteiger charge is -2.34. The van der Waals surface area contributed by atoms with Crippen LogP contribution in [-0.4, -0.2) is 56.1 Å². The minimum Gasteiger partial charge on any atom is -0.378 e. The molecule has 1 aromatic heterocycles. The van der Waals surface area contributed by atoms with Gasteiger partial charge in [0.05, 0.1) is 10.2 Å². The van der Waals surface area contributed by atoms with E-state index in [0.717, 1.165) is 48.1 Å². The van der Waals surface area contributed by atoms with Crippen molar-refractivity contribution >= 4 is 38.3 Å². The highest BCUT2D eigenvalue weighted by Crippen LogP contribution is 2.32. The van der Waals surface area contributed by atoms with Crippen molar-refractivity contribution < 1.29 is 4.79 Å². The molecule has 1 aliphatic rings. The van der Waals surface area contributed by atoms with Crippen molar-refractivity contribution in [3.63, 3.8) is 0 Å². The number of hydrogen-bond donors (Lipinski definition) is 0. The average molecular weight is 395 g/mol. The van der Waals surface area contributed by atoms with Crippen LogP contribution in [0.2, 0.25) is 0 Å². The molecule has 28 heavy (non-hydrogen) atoms. The molecule has 0 aliphatic carbocycles. The van der Waals surface area contributed by atoms with Gasteiger partial charge in [-0.15, -0.1) is 0 Å². The second-order valence-electron chi connectivity index (χ2n) is 7.57. The average Bonchev–Trinajstić information content (AvgIpc) is 3.15. The Hall–Kier alpha value is -2.60. The summed E-state index contributed by atoms with van der Waals surface area (Å²) in [5.74, 6) is 0.112. The van der Waals surface area contributed by atoms with Gasteiger partial charge in [-0.3, -0.25) is 4.79 Å². The standard InChI is InChI=1S/C22H26N4OS/c1-15-5-10-19-20(16(15)2)23-22(28-19)26-13-11-25(12-14-26)21(27)17-6-8-18(9-7-17)24(3)4/h5-10H,11-14H2,1-4H3. The number of anilines is 2. The van der Waals surface area contributed by atoms with Crippen LogP contribution >= 0.6 is 11.3 Å². The lowest BCUT2D eigenvalue weighted by Crippen LogP contribution is -2.48. The second kappa shape index (κ2) is 7.43. The molecule has 1 saturated heterocycles. The van der Waals surface area contributed by atoms with E-state index < -0.39 is 0 Å². The molecule has 2 heterocycles. The molecule has 5 nitrogen and oxygen atoms in total. The first-order valence-electron chi connectivity index (χ1n) is 9.62. The summed E-state index contributed by atoms with van der Waals surface area (Å²) in [6, 6.07) is 12.2. The number of benzene rings is 2. The summed E-state index contributed by atoms with van der Waals surface area (Å²) in [7, 11) is 4.00. The molecule has 3 aromatic rings. The number of nitrogens with zero attached hydrogens (tertiary/aromatic N) is 4. The summed E-state index contributed by atoms with van der Waals surface area (Å²) >= 11 is 1.74. The van der Waals surface area contributed by atoms with Gasteiger partial charge in [0.2, 0.25) is 0 Å². The second-order valence-corrected chi connectivity index (χ2v) is 8.58. The fourth-order valence-corrected chi connectivity index (χ4v) is 4.61.